The van der Waals surface area contributed by atoms with Crippen LogP contribution in [0.2, 0.25) is 5.15 Å². The van der Waals surface area contributed by atoms with E-state index >= 15 is 0 Å². The second-order valence-electron chi connectivity index (χ2n) is 7.93. The number of pyridine rings is 1. The van der Waals surface area contributed by atoms with E-state index in [1.165, 1.54) is 5.56 Å². The second kappa shape index (κ2) is 9.97. The molecular formula is C24H25BrClN5. The Morgan fingerprint density at radius 3 is 2.81 bits per heavy atom. The first-order valence-corrected chi connectivity index (χ1v) is 11.6. The number of hydrogen-bond donors (Lipinski definition) is 1. The maximum atomic E-state index is 9.64. The van der Waals surface area contributed by atoms with Gasteiger partial charge in [-0.1, -0.05) is 57.9 Å². The number of aromatic nitrogens is 1. The van der Waals surface area contributed by atoms with Crippen LogP contribution >= 0.6 is 27.5 Å². The fraction of sp³-hybridized carbons (Fsp3) is 0.333. The lowest BCUT2D eigenvalue weighted by Gasteiger charge is -2.40. The summed E-state index contributed by atoms with van der Waals surface area (Å²) in [4.78, 5) is 9.33. The molecule has 3 aromatic rings. The molecule has 0 spiro atoms. The molecular weight excluding hydrogens is 474 g/mol. The van der Waals surface area contributed by atoms with Crippen LogP contribution in [0.5, 0.6) is 0 Å². The van der Waals surface area contributed by atoms with E-state index in [9.17, 15) is 5.26 Å². The molecule has 1 saturated heterocycles. The normalized spacial score (nSPS) is 17.5. The number of hydrogen-bond acceptors (Lipinski definition) is 5. The van der Waals surface area contributed by atoms with Gasteiger partial charge in [0.2, 0.25) is 0 Å². The topological polar surface area (TPSA) is 55.2 Å². The van der Waals surface area contributed by atoms with Crippen molar-refractivity contribution in [2.24, 2.45) is 0 Å². The SMILES string of the molecule is CN1CCN(CCCNc2c(C#N)c(Cl)nc3ccc(Br)cc23)C(c2ccccc2)C1. The highest BCUT2D eigenvalue weighted by Gasteiger charge is 2.26. The minimum absolute atomic E-state index is 0.239. The monoisotopic (exact) mass is 497 g/mol. The number of halogens is 2. The second-order valence-corrected chi connectivity index (χ2v) is 9.20. The van der Waals surface area contributed by atoms with E-state index in [0.717, 1.165) is 60.2 Å². The predicted molar refractivity (Wildman–Crippen MR) is 131 cm³/mol. The van der Waals surface area contributed by atoms with Crippen LogP contribution in [0.3, 0.4) is 0 Å². The van der Waals surface area contributed by atoms with E-state index < -0.39 is 0 Å². The summed E-state index contributed by atoms with van der Waals surface area (Å²) in [6.07, 6.45) is 0.966. The zero-order chi connectivity index (χ0) is 21.8. The molecule has 1 aliphatic heterocycles. The van der Waals surface area contributed by atoms with Gasteiger partial charge in [0.25, 0.3) is 0 Å². The fourth-order valence-corrected chi connectivity index (χ4v) is 4.79. The van der Waals surface area contributed by atoms with Crippen LogP contribution in [0.1, 0.15) is 23.6 Å². The number of nitriles is 1. The van der Waals surface area contributed by atoms with Gasteiger partial charge in [-0.05, 0) is 37.2 Å². The highest BCUT2D eigenvalue weighted by atomic mass is 79.9. The van der Waals surface area contributed by atoms with Gasteiger partial charge in [0.15, 0.2) is 0 Å². The lowest BCUT2D eigenvalue weighted by molar-refractivity contribution is 0.0897. The van der Waals surface area contributed by atoms with Crippen molar-refractivity contribution in [3.63, 3.8) is 0 Å². The number of likely N-dealkylation sites (N-methyl/N-ethyl adjacent to an activating group) is 1. The van der Waals surface area contributed by atoms with Gasteiger partial charge in [0.05, 0.1) is 11.2 Å². The molecule has 0 amide bonds. The molecule has 1 atom stereocenters. The molecule has 5 nitrogen and oxygen atoms in total. The molecule has 0 radical (unpaired) electrons. The van der Waals surface area contributed by atoms with Crippen molar-refractivity contribution in [1.29, 1.82) is 5.26 Å². The lowest BCUT2D eigenvalue weighted by atomic mass is 10.0. The number of fused-ring (bicyclic) bond motifs is 1. The van der Waals surface area contributed by atoms with Gasteiger partial charge in [-0.2, -0.15) is 5.26 Å². The number of nitrogens with one attached hydrogen (secondary N) is 1. The van der Waals surface area contributed by atoms with Crippen molar-refractivity contribution in [3.05, 3.63) is 69.3 Å². The van der Waals surface area contributed by atoms with Gasteiger partial charge in [-0.15, -0.1) is 0 Å². The van der Waals surface area contributed by atoms with Crippen molar-refractivity contribution in [2.45, 2.75) is 12.5 Å². The zero-order valence-electron chi connectivity index (χ0n) is 17.5. The molecule has 160 valence electrons. The Morgan fingerprint density at radius 2 is 2.03 bits per heavy atom. The van der Waals surface area contributed by atoms with Gasteiger partial charge in [-0.3, -0.25) is 4.90 Å². The van der Waals surface area contributed by atoms with Crippen molar-refractivity contribution >= 4 is 44.1 Å². The van der Waals surface area contributed by atoms with Gasteiger partial charge in [0.1, 0.15) is 16.8 Å². The number of anilines is 1. The van der Waals surface area contributed by atoms with Crippen LogP contribution in [0.15, 0.2) is 53.0 Å². The van der Waals surface area contributed by atoms with Crippen LogP contribution in [0, 0.1) is 11.3 Å². The standard InChI is InChI=1S/C24H25BrClN5/c1-30-12-13-31(22(16-30)17-6-3-2-4-7-17)11-5-10-28-23-19-14-18(25)8-9-21(19)29-24(26)20(23)15-27/h2-4,6-9,14,22H,5,10-13,16H2,1H3,(H,28,29). The first-order chi connectivity index (χ1) is 15.1. The van der Waals surface area contributed by atoms with Gasteiger partial charge in [0, 0.05) is 48.6 Å². The molecule has 4 rings (SSSR count). The number of rotatable bonds is 6. The Morgan fingerprint density at radius 1 is 1.23 bits per heavy atom. The Bertz CT molecular complexity index is 1100. The minimum Gasteiger partial charge on any atom is -0.383 e. The number of benzene rings is 2. The van der Waals surface area contributed by atoms with Crippen molar-refractivity contribution < 1.29 is 0 Å². The molecule has 0 aliphatic carbocycles. The largest absolute Gasteiger partial charge is 0.383 e. The highest BCUT2D eigenvalue weighted by Crippen LogP contribution is 2.32. The zero-order valence-corrected chi connectivity index (χ0v) is 19.8. The third-order valence-electron chi connectivity index (χ3n) is 5.82. The third kappa shape index (κ3) is 5.02. The Hall–Kier alpha value is -2.17. The first-order valence-electron chi connectivity index (χ1n) is 10.5. The van der Waals surface area contributed by atoms with E-state index in [0.29, 0.717) is 11.6 Å². The van der Waals surface area contributed by atoms with Crippen LogP contribution < -0.4 is 5.32 Å². The van der Waals surface area contributed by atoms with Crippen LogP contribution in [-0.2, 0) is 0 Å². The van der Waals surface area contributed by atoms with Crippen molar-refractivity contribution in [2.75, 3.05) is 45.1 Å². The summed E-state index contributed by atoms with van der Waals surface area (Å²) in [5.41, 5.74) is 3.30. The van der Waals surface area contributed by atoms with Gasteiger partial charge < -0.3 is 10.2 Å². The average Bonchev–Trinajstić information content (AvgIpc) is 2.78. The summed E-state index contributed by atoms with van der Waals surface area (Å²) >= 11 is 9.80. The summed E-state index contributed by atoms with van der Waals surface area (Å²) in [5.74, 6) is 0. The summed E-state index contributed by atoms with van der Waals surface area (Å²) in [6, 6.07) is 19.2. The summed E-state index contributed by atoms with van der Waals surface area (Å²) in [5, 5.41) is 14.2. The Balaban J connectivity index is 1.46. The van der Waals surface area contributed by atoms with E-state index in [1.54, 1.807) is 0 Å². The van der Waals surface area contributed by atoms with Crippen LogP contribution in [0.4, 0.5) is 5.69 Å². The lowest BCUT2D eigenvalue weighted by Crippen LogP contribution is -2.47. The summed E-state index contributed by atoms with van der Waals surface area (Å²) in [6.45, 7) is 4.91. The quantitative estimate of drug-likeness (QED) is 0.368. The molecule has 0 bridgehead atoms. The maximum absolute atomic E-state index is 9.64. The fourth-order valence-electron chi connectivity index (χ4n) is 4.20. The molecule has 1 unspecified atom stereocenters. The summed E-state index contributed by atoms with van der Waals surface area (Å²) in [7, 11) is 2.19. The van der Waals surface area contributed by atoms with Gasteiger partial charge >= 0.3 is 0 Å². The number of nitrogens with zero attached hydrogens (tertiary/aromatic N) is 4. The van der Waals surface area contributed by atoms with E-state index in [-0.39, 0.29) is 5.15 Å². The van der Waals surface area contributed by atoms with Crippen LogP contribution in [0.25, 0.3) is 10.9 Å². The first kappa shape index (κ1) is 22.0. The molecule has 1 N–H and O–H groups in total. The highest BCUT2D eigenvalue weighted by molar-refractivity contribution is 9.10. The molecule has 1 aliphatic rings. The molecule has 1 fully saturated rings. The average molecular weight is 499 g/mol. The van der Waals surface area contributed by atoms with Crippen LogP contribution in [-0.4, -0.2) is 54.6 Å². The smallest absolute Gasteiger partial charge is 0.149 e. The molecule has 2 aromatic carbocycles. The molecule has 31 heavy (non-hydrogen) atoms. The third-order valence-corrected chi connectivity index (χ3v) is 6.58. The minimum atomic E-state index is 0.239. The predicted octanol–water partition coefficient (Wildman–Crippen LogP) is 5.31. The van der Waals surface area contributed by atoms with E-state index in [4.69, 9.17) is 11.6 Å². The summed E-state index contributed by atoms with van der Waals surface area (Å²) < 4.78 is 0.944. The van der Waals surface area contributed by atoms with E-state index in [2.05, 4.69) is 79.5 Å². The molecule has 0 saturated carbocycles. The molecule has 1 aromatic heterocycles. The van der Waals surface area contributed by atoms with Gasteiger partial charge in [-0.25, -0.2) is 4.98 Å². The Labute approximate surface area is 196 Å². The molecule has 7 heteroatoms. The van der Waals surface area contributed by atoms with Crippen molar-refractivity contribution in [1.82, 2.24) is 14.8 Å². The number of piperazine rings is 1. The van der Waals surface area contributed by atoms with E-state index in [1.807, 2.05) is 18.2 Å². The molecule has 2 heterocycles. The van der Waals surface area contributed by atoms with Crippen molar-refractivity contribution in [3.8, 4) is 6.07 Å². The maximum Gasteiger partial charge on any atom is 0.149 e. The Kier molecular flexibility index (Phi) is 7.09.